The lowest BCUT2D eigenvalue weighted by atomic mass is 9.88. The van der Waals surface area contributed by atoms with Crippen LogP contribution in [0, 0.1) is 0 Å². The van der Waals surface area contributed by atoms with Crippen LogP contribution in [-0.4, -0.2) is 24.9 Å². The summed E-state index contributed by atoms with van der Waals surface area (Å²) in [5, 5.41) is 5.70. The van der Waals surface area contributed by atoms with Crippen LogP contribution in [0.4, 0.5) is 0 Å². The third-order valence-corrected chi connectivity index (χ3v) is 12.4. The zero-order valence-corrected chi connectivity index (χ0v) is 35.8. The molecule has 0 aliphatic carbocycles. The van der Waals surface area contributed by atoms with E-state index in [9.17, 15) is 0 Å². The van der Waals surface area contributed by atoms with Gasteiger partial charge in [-0.2, -0.15) is 0 Å². The first kappa shape index (κ1) is 38.7. The van der Waals surface area contributed by atoms with Crippen LogP contribution in [0.2, 0.25) is 0 Å². The molecule has 66 heavy (non-hydrogen) atoms. The number of aromatic nitrogens is 5. The molecule has 0 aliphatic rings. The van der Waals surface area contributed by atoms with Crippen LogP contribution in [0.3, 0.4) is 0 Å². The van der Waals surface area contributed by atoms with E-state index in [1.165, 1.54) is 5.39 Å². The fourth-order valence-electron chi connectivity index (χ4n) is 9.13. The summed E-state index contributed by atoms with van der Waals surface area (Å²) in [5.41, 5.74) is 14.3. The van der Waals surface area contributed by atoms with E-state index in [2.05, 4.69) is 211 Å². The Hall–Kier alpha value is -8.93. The second kappa shape index (κ2) is 16.6. The second-order valence-electron chi connectivity index (χ2n) is 16.5. The molecule has 0 spiro atoms. The number of para-hydroxylation sites is 1. The zero-order chi connectivity index (χ0) is 43.8. The van der Waals surface area contributed by atoms with E-state index in [4.69, 9.17) is 19.9 Å². The summed E-state index contributed by atoms with van der Waals surface area (Å²) in [5.74, 6) is 1.76. The maximum Gasteiger partial charge on any atom is 0.164 e. The molecule has 12 aromatic rings. The molecule has 3 heterocycles. The Balaban J connectivity index is 1.09. The monoisotopic (exact) mass is 841 g/mol. The third-order valence-electron chi connectivity index (χ3n) is 12.4. The highest BCUT2D eigenvalue weighted by atomic mass is 15.0. The largest absolute Gasteiger partial charge is 0.264 e. The number of pyridine rings is 2. The van der Waals surface area contributed by atoms with Gasteiger partial charge in [0.2, 0.25) is 0 Å². The molecule has 0 saturated carbocycles. The highest BCUT2D eigenvalue weighted by molar-refractivity contribution is 6.25. The van der Waals surface area contributed by atoms with Crippen molar-refractivity contribution in [3.8, 4) is 89.9 Å². The van der Waals surface area contributed by atoms with Crippen LogP contribution in [0.15, 0.2) is 237 Å². The van der Waals surface area contributed by atoms with Gasteiger partial charge in [-0.1, -0.05) is 188 Å². The number of rotatable bonds is 8. The first-order valence-corrected chi connectivity index (χ1v) is 22.1. The Morgan fingerprint density at radius 3 is 1.30 bits per heavy atom. The first-order valence-electron chi connectivity index (χ1n) is 22.1. The number of hydrogen-bond donors (Lipinski definition) is 0. The molecular weight excluding hydrogens is 803 g/mol. The van der Waals surface area contributed by atoms with Gasteiger partial charge in [-0.15, -0.1) is 0 Å². The molecule has 5 heteroatoms. The Morgan fingerprint density at radius 1 is 0.258 bits per heavy atom. The van der Waals surface area contributed by atoms with Crippen molar-refractivity contribution in [2.75, 3.05) is 0 Å². The summed E-state index contributed by atoms with van der Waals surface area (Å²) in [6.07, 6.45) is 3.72. The number of fused-ring (bicyclic) bond motifs is 5. The van der Waals surface area contributed by atoms with E-state index in [1.807, 2.05) is 30.6 Å². The minimum atomic E-state index is 0.573. The fraction of sp³-hybridized carbons (Fsp3) is 0. The highest BCUT2D eigenvalue weighted by Gasteiger charge is 2.20. The molecule has 0 radical (unpaired) electrons. The Bertz CT molecular complexity index is 3610. The SMILES string of the molecule is c1ccc(-c2ccc(-c3nc(-c4ccc(-c5ccccc5)cc4)nc(-c4cc(-c5cccnc5)cc(-c5cc6c(-c7ccccc7)nc7ccccc7c6c6ccccc56)c4)n3)cc2)cc1. The Labute approximate surface area is 382 Å². The molecule has 0 atom stereocenters. The van der Waals surface area contributed by atoms with Crippen molar-refractivity contribution in [1.82, 2.24) is 24.9 Å². The average Bonchev–Trinajstić information content (AvgIpc) is 3.41. The van der Waals surface area contributed by atoms with Gasteiger partial charge in [0, 0.05) is 56.4 Å². The summed E-state index contributed by atoms with van der Waals surface area (Å²) in [4.78, 5) is 25.6. The van der Waals surface area contributed by atoms with Crippen LogP contribution < -0.4 is 0 Å². The normalized spacial score (nSPS) is 11.3. The van der Waals surface area contributed by atoms with E-state index in [0.29, 0.717) is 17.5 Å². The van der Waals surface area contributed by atoms with Gasteiger partial charge in [0.25, 0.3) is 0 Å². The van der Waals surface area contributed by atoms with Gasteiger partial charge in [-0.05, 0) is 86.1 Å². The van der Waals surface area contributed by atoms with Crippen LogP contribution in [0.5, 0.6) is 0 Å². The van der Waals surface area contributed by atoms with E-state index in [-0.39, 0.29) is 0 Å². The van der Waals surface area contributed by atoms with Crippen LogP contribution >= 0.6 is 0 Å². The minimum absolute atomic E-state index is 0.573. The van der Waals surface area contributed by atoms with Crippen molar-refractivity contribution in [2.45, 2.75) is 0 Å². The summed E-state index contributed by atoms with van der Waals surface area (Å²) in [6, 6.07) is 78.5. The van der Waals surface area contributed by atoms with Crippen molar-refractivity contribution in [2.24, 2.45) is 0 Å². The van der Waals surface area contributed by atoms with Gasteiger partial charge in [0.1, 0.15) is 0 Å². The maximum atomic E-state index is 5.33. The highest BCUT2D eigenvalue weighted by Crippen LogP contribution is 2.43. The zero-order valence-electron chi connectivity index (χ0n) is 35.8. The molecule has 0 aliphatic heterocycles. The predicted molar refractivity (Wildman–Crippen MR) is 271 cm³/mol. The second-order valence-corrected chi connectivity index (χ2v) is 16.5. The van der Waals surface area contributed by atoms with Crippen LogP contribution in [0.25, 0.3) is 122 Å². The van der Waals surface area contributed by atoms with Gasteiger partial charge >= 0.3 is 0 Å². The third kappa shape index (κ3) is 7.25. The lowest BCUT2D eigenvalue weighted by Crippen LogP contribution is -2.01. The summed E-state index contributed by atoms with van der Waals surface area (Å²) >= 11 is 0. The number of nitrogens with zero attached hydrogens (tertiary/aromatic N) is 5. The van der Waals surface area contributed by atoms with Crippen molar-refractivity contribution < 1.29 is 0 Å². The van der Waals surface area contributed by atoms with Gasteiger partial charge in [0.15, 0.2) is 17.5 Å². The van der Waals surface area contributed by atoms with E-state index in [1.54, 1.807) is 0 Å². The molecular formula is C61H39N5. The van der Waals surface area contributed by atoms with Crippen LogP contribution in [-0.2, 0) is 0 Å². The smallest absolute Gasteiger partial charge is 0.164 e. The van der Waals surface area contributed by atoms with Crippen molar-refractivity contribution in [3.05, 3.63) is 237 Å². The van der Waals surface area contributed by atoms with Gasteiger partial charge < -0.3 is 0 Å². The molecule has 5 nitrogen and oxygen atoms in total. The topological polar surface area (TPSA) is 64.5 Å². The van der Waals surface area contributed by atoms with Crippen molar-refractivity contribution in [3.63, 3.8) is 0 Å². The summed E-state index contributed by atoms with van der Waals surface area (Å²) in [7, 11) is 0. The number of hydrogen-bond acceptors (Lipinski definition) is 5. The molecule has 12 rings (SSSR count). The maximum absolute atomic E-state index is 5.33. The van der Waals surface area contributed by atoms with Gasteiger partial charge in [0.05, 0.1) is 11.2 Å². The van der Waals surface area contributed by atoms with Gasteiger partial charge in [-0.25, -0.2) is 19.9 Å². The molecule has 0 unspecified atom stereocenters. The first-order chi connectivity index (χ1) is 32.7. The molecule has 0 bridgehead atoms. The quantitative estimate of drug-likeness (QED) is 0.143. The molecule has 3 aromatic heterocycles. The molecule has 0 fully saturated rings. The van der Waals surface area contributed by atoms with E-state index < -0.39 is 0 Å². The predicted octanol–water partition coefficient (Wildman–Crippen LogP) is 15.5. The van der Waals surface area contributed by atoms with E-state index in [0.717, 1.165) is 99.5 Å². The summed E-state index contributed by atoms with van der Waals surface area (Å²) in [6.45, 7) is 0. The fourth-order valence-corrected chi connectivity index (χ4v) is 9.13. The Morgan fingerprint density at radius 2 is 0.712 bits per heavy atom. The van der Waals surface area contributed by atoms with Crippen LogP contribution in [0.1, 0.15) is 0 Å². The average molecular weight is 842 g/mol. The number of benzene rings is 9. The van der Waals surface area contributed by atoms with Gasteiger partial charge in [-0.3, -0.25) is 4.98 Å². The summed E-state index contributed by atoms with van der Waals surface area (Å²) < 4.78 is 0. The molecule has 9 aromatic carbocycles. The standard InChI is InChI=1S/C61H39N5/c1-4-15-40(16-5-1)42-26-30-45(31-27-42)59-64-60(46-32-28-43(29-33-46)41-17-6-2-7-18-41)66-61(65-59)50-36-48(47-21-14-34-62-39-47)35-49(37-50)54-38-55-57(52-23-11-10-22-51(52)54)53-24-12-13-25-56(53)63-58(55)44-19-8-3-9-20-44/h1-39H. The minimum Gasteiger partial charge on any atom is -0.264 e. The molecule has 0 amide bonds. The lowest BCUT2D eigenvalue weighted by molar-refractivity contribution is 1.07. The Kier molecular flexibility index (Phi) is 9.77. The van der Waals surface area contributed by atoms with Crippen molar-refractivity contribution >= 4 is 32.4 Å². The van der Waals surface area contributed by atoms with Crippen molar-refractivity contribution in [1.29, 1.82) is 0 Å². The molecule has 0 saturated heterocycles. The van der Waals surface area contributed by atoms with E-state index >= 15 is 0 Å². The lowest BCUT2D eigenvalue weighted by Gasteiger charge is -2.17. The molecule has 0 N–H and O–H groups in total. The molecule has 308 valence electrons.